The van der Waals surface area contributed by atoms with E-state index in [0.717, 1.165) is 42.1 Å². The highest BCUT2D eigenvalue weighted by atomic mass is 32.2. The normalized spacial score (nSPS) is 14.0. The molecule has 0 aliphatic heterocycles. The Kier molecular flexibility index (Phi) is 6.92. The van der Waals surface area contributed by atoms with Crippen LogP contribution in [0.25, 0.3) is 11.4 Å². The number of rotatable bonds is 8. The second-order valence-electron chi connectivity index (χ2n) is 7.80. The molecule has 162 valence electrons. The molecule has 0 unspecified atom stereocenters. The molecule has 6 nitrogen and oxygen atoms in total. The van der Waals surface area contributed by atoms with E-state index in [2.05, 4.69) is 22.4 Å². The van der Waals surface area contributed by atoms with Crippen LogP contribution in [0.1, 0.15) is 38.2 Å². The van der Waals surface area contributed by atoms with Crippen LogP contribution in [0.4, 0.5) is 5.69 Å². The number of nitrogens with zero attached hydrogens (tertiary/aromatic N) is 3. The molecule has 2 aromatic carbocycles. The van der Waals surface area contributed by atoms with Crippen molar-refractivity contribution in [1.29, 1.82) is 0 Å². The second kappa shape index (κ2) is 10.0. The minimum atomic E-state index is -0.0628. The summed E-state index contributed by atoms with van der Waals surface area (Å²) in [7, 11) is 1.92. The number of amides is 1. The van der Waals surface area contributed by atoms with E-state index in [1.807, 2.05) is 60.1 Å². The van der Waals surface area contributed by atoms with Crippen LogP contribution in [0.2, 0.25) is 0 Å². The van der Waals surface area contributed by atoms with Crippen LogP contribution in [0.5, 0.6) is 5.75 Å². The van der Waals surface area contributed by atoms with Crippen LogP contribution in [-0.4, -0.2) is 32.5 Å². The summed E-state index contributed by atoms with van der Waals surface area (Å²) in [5.74, 6) is 1.88. The average molecular weight is 437 g/mol. The summed E-state index contributed by atoms with van der Waals surface area (Å²) in [4.78, 5) is 12.3. The maximum Gasteiger partial charge on any atom is 0.234 e. The van der Waals surface area contributed by atoms with Crippen molar-refractivity contribution in [2.75, 3.05) is 11.1 Å². The number of benzene rings is 2. The van der Waals surface area contributed by atoms with Crippen LogP contribution < -0.4 is 10.1 Å². The number of thioether (sulfide) groups is 1. The molecule has 0 bridgehead atoms. The van der Waals surface area contributed by atoms with Gasteiger partial charge in [0.2, 0.25) is 5.91 Å². The van der Waals surface area contributed by atoms with Crippen molar-refractivity contribution < 1.29 is 9.53 Å². The van der Waals surface area contributed by atoms with Gasteiger partial charge in [0.05, 0.1) is 11.9 Å². The third kappa shape index (κ3) is 5.47. The van der Waals surface area contributed by atoms with Crippen LogP contribution in [-0.2, 0) is 18.3 Å². The van der Waals surface area contributed by atoms with Crippen molar-refractivity contribution in [3.63, 3.8) is 0 Å². The highest BCUT2D eigenvalue weighted by Crippen LogP contribution is 2.27. The second-order valence-corrected chi connectivity index (χ2v) is 8.74. The number of carbonyl (C=O) groups is 1. The number of aryl methyl sites for hydroxylation is 1. The lowest BCUT2D eigenvalue weighted by Gasteiger charge is -2.13. The molecule has 1 N–H and O–H groups in total. The number of nitrogens with one attached hydrogen (secondary N) is 1. The van der Waals surface area contributed by atoms with Crippen molar-refractivity contribution in [3.8, 4) is 17.1 Å². The average Bonchev–Trinajstić information content (AvgIpc) is 3.43. The largest absolute Gasteiger partial charge is 0.490 e. The Bertz CT molecular complexity index is 1010. The Labute approximate surface area is 187 Å². The molecule has 7 heteroatoms. The van der Waals surface area contributed by atoms with Crippen molar-refractivity contribution in [3.05, 3.63) is 54.1 Å². The number of ether oxygens (including phenoxy) is 1. The standard InChI is InChI=1S/C24H28N4O2S/c1-3-17-8-12-19(13-9-17)25-22(29)16-31-24-27-26-23(28(24)2)18-10-14-21(15-11-18)30-20-6-4-5-7-20/h8-15,20H,3-7,16H2,1-2H3,(H,25,29). The molecule has 0 saturated heterocycles. The number of hydrogen-bond donors (Lipinski definition) is 1. The van der Waals surface area contributed by atoms with E-state index in [1.165, 1.54) is 30.2 Å². The van der Waals surface area contributed by atoms with Gasteiger partial charge in [0.25, 0.3) is 0 Å². The van der Waals surface area contributed by atoms with E-state index in [0.29, 0.717) is 11.3 Å². The van der Waals surface area contributed by atoms with Gasteiger partial charge >= 0.3 is 0 Å². The Morgan fingerprint density at radius 1 is 1.10 bits per heavy atom. The highest BCUT2D eigenvalue weighted by molar-refractivity contribution is 7.99. The SMILES string of the molecule is CCc1ccc(NC(=O)CSc2nnc(-c3ccc(OC4CCCC4)cc3)n2C)cc1. The molecule has 1 aliphatic rings. The fourth-order valence-corrected chi connectivity index (χ4v) is 4.44. The summed E-state index contributed by atoms with van der Waals surface area (Å²) < 4.78 is 7.95. The molecule has 1 fully saturated rings. The first-order valence-corrected chi connectivity index (χ1v) is 11.8. The van der Waals surface area contributed by atoms with Crippen molar-refractivity contribution in [2.45, 2.75) is 50.3 Å². The van der Waals surface area contributed by atoms with Crippen LogP contribution in [0.15, 0.2) is 53.7 Å². The summed E-state index contributed by atoms with van der Waals surface area (Å²) >= 11 is 1.37. The van der Waals surface area contributed by atoms with Gasteiger partial charge in [-0.05, 0) is 74.1 Å². The quantitative estimate of drug-likeness (QED) is 0.498. The van der Waals surface area contributed by atoms with E-state index in [-0.39, 0.29) is 11.7 Å². The van der Waals surface area contributed by atoms with Gasteiger partial charge in [-0.1, -0.05) is 30.8 Å². The van der Waals surface area contributed by atoms with Gasteiger partial charge in [-0.2, -0.15) is 0 Å². The highest BCUT2D eigenvalue weighted by Gasteiger charge is 2.17. The fourth-order valence-electron chi connectivity index (χ4n) is 3.72. The Morgan fingerprint density at radius 3 is 2.48 bits per heavy atom. The van der Waals surface area contributed by atoms with Gasteiger partial charge in [-0.25, -0.2) is 0 Å². The monoisotopic (exact) mass is 436 g/mol. The first-order valence-electron chi connectivity index (χ1n) is 10.8. The third-order valence-electron chi connectivity index (χ3n) is 5.53. The van der Waals surface area contributed by atoms with Gasteiger partial charge in [0.15, 0.2) is 11.0 Å². The molecule has 1 amide bonds. The zero-order valence-corrected chi connectivity index (χ0v) is 18.8. The topological polar surface area (TPSA) is 69.0 Å². The number of aromatic nitrogens is 3. The van der Waals surface area contributed by atoms with Crippen molar-refractivity contribution >= 4 is 23.4 Å². The predicted octanol–water partition coefficient (Wildman–Crippen LogP) is 5.10. The Balaban J connectivity index is 1.33. The molecule has 0 radical (unpaired) electrons. The van der Waals surface area contributed by atoms with E-state index < -0.39 is 0 Å². The molecular weight excluding hydrogens is 408 g/mol. The third-order valence-corrected chi connectivity index (χ3v) is 6.55. The van der Waals surface area contributed by atoms with Crippen LogP contribution in [0, 0.1) is 0 Å². The van der Waals surface area contributed by atoms with Gasteiger partial charge in [-0.3, -0.25) is 4.79 Å². The van der Waals surface area contributed by atoms with Gasteiger partial charge in [0, 0.05) is 18.3 Å². The smallest absolute Gasteiger partial charge is 0.234 e. The zero-order chi connectivity index (χ0) is 21.6. The molecule has 4 rings (SSSR count). The maximum atomic E-state index is 12.3. The summed E-state index contributed by atoms with van der Waals surface area (Å²) in [5, 5.41) is 12.2. The lowest BCUT2D eigenvalue weighted by atomic mass is 10.1. The first-order chi connectivity index (χ1) is 15.1. The zero-order valence-electron chi connectivity index (χ0n) is 18.0. The lowest BCUT2D eigenvalue weighted by Crippen LogP contribution is -2.14. The van der Waals surface area contributed by atoms with E-state index in [1.54, 1.807) is 0 Å². The molecule has 1 aliphatic carbocycles. The van der Waals surface area contributed by atoms with Crippen molar-refractivity contribution in [1.82, 2.24) is 14.8 Å². The molecule has 1 aromatic heterocycles. The molecule has 3 aromatic rings. The van der Waals surface area contributed by atoms with Crippen LogP contribution in [0.3, 0.4) is 0 Å². The predicted molar refractivity (Wildman–Crippen MR) is 124 cm³/mol. The van der Waals surface area contributed by atoms with E-state index >= 15 is 0 Å². The number of anilines is 1. The fraction of sp³-hybridized carbons (Fsp3) is 0.375. The Hall–Kier alpha value is -2.80. The molecule has 1 heterocycles. The lowest BCUT2D eigenvalue weighted by molar-refractivity contribution is -0.113. The summed E-state index contributed by atoms with van der Waals surface area (Å²) in [6.07, 6.45) is 6.12. The molecule has 0 atom stereocenters. The van der Waals surface area contributed by atoms with E-state index in [9.17, 15) is 4.79 Å². The minimum absolute atomic E-state index is 0.0628. The molecule has 0 spiro atoms. The van der Waals surface area contributed by atoms with Gasteiger partial charge < -0.3 is 14.6 Å². The molecule has 31 heavy (non-hydrogen) atoms. The van der Waals surface area contributed by atoms with Crippen LogP contribution >= 0.6 is 11.8 Å². The molecular formula is C24H28N4O2S. The first kappa shape index (κ1) is 21.4. The summed E-state index contributed by atoms with van der Waals surface area (Å²) in [5.41, 5.74) is 3.03. The summed E-state index contributed by atoms with van der Waals surface area (Å²) in [6, 6.07) is 15.9. The van der Waals surface area contributed by atoms with E-state index in [4.69, 9.17) is 4.74 Å². The van der Waals surface area contributed by atoms with Gasteiger partial charge in [0.1, 0.15) is 5.75 Å². The minimum Gasteiger partial charge on any atom is -0.490 e. The Morgan fingerprint density at radius 2 is 1.81 bits per heavy atom. The number of carbonyl (C=O) groups excluding carboxylic acids is 1. The summed E-state index contributed by atoms with van der Waals surface area (Å²) in [6.45, 7) is 2.11. The molecule has 1 saturated carbocycles. The van der Waals surface area contributed by atoms with Gasteiger partial charge in [-0.15, -0.1) is 10.2 Å². The van der Waals surface area contributed by atoms with Crippen molar-refractivity contribution in [2.24, 2.45) is 7.05 Å². The number of hydrogen-bond acceptors (Lipinski definition) is 5. The maximum absolute atomic E-state index is 12.3.